The van der Waals surface area contributed by atoms with Crippen LogP contribution in [0.25, 0.3) is 0 Å². The molecule has 138 valence electrons. The van der Waals surface area contributed by atoms with Crippen molar-refractivity contribution < 1.29 is 22.7 Å². The molecule has 1 N–H and O–H groups in total. The molecule has 25 heavy (non-hydrogen) atoms. The number of rotatable bonds is 6. The Balaban J connectivity index is 1.97. The number of nitrogens with zero attached hydrogens (tertiary/aromatic N) is 1. The molecule has 1 saturated heterocycles. The van der Waals surface area contributed by atoms with Crippen LogP contribution in [0.2, 0.25) is 0 Å². The van der Waals surface area contributed by atoms with Crippen molar-refractivity contribution in [2.45, 2.75) is 37.5 Å². The van der Waals surface area contributed by atoms with Crippen LogP contribution < -0.4 is 5.32 Å². The number of carbonyl (C=O) groups is 2. The quantitative estimate of drug-likeness (QED) is 0.775. The number of ether oxygens (including phenoxy) is 1. The van der Waals surface area contributed by atoms with Gasteiger partial charge in [0.05, 0.1) is 18.4 Å². The van der Waals surface area contributed by atoms with Gasteiger partial charge in [-0.15, -0.1) is 0 Å². The van der Waals surface area contributed by atoms with Gasteiger partial charge in [0.1, 0.15) is 0 Å². The lowest BCUT2D eigenvalue weighted by atomic mass is 10.0. The molecule has 0 unspecified atom stereocenters. The van der Waals surface area contributed by atoms with E-state index in [1.54, 1.807) is 12.1 Å². The summed E-state index contributed by atoms with van der Waals surface area (Å²) in [5.41, 5.74) is 0.487. The minimum absolute atomic E-state index is 0.00216. The Kier molecular flexibility index (Phi) is 6.55. The maximum Gasteiger partial charge on any atom is 0.306 e. The third-order valence-electron chi connectivity index (χ3n) is 4.30. The van der Waals surface area contributed by atoms with Gasteiger partial charge in [-0.25, -0.2) is 8.42 Å². The number of amides is 1. The molecule has 1 amide bonds. The van der Waals surface area contributed by atoms with Gasteiger partial charge in [0.15, 0.2) is 0 Å². The van der Waals surface area contributed by atoms with Gasteiger partial charge in [0.25, 0.3) is 0 Å². The Morgan fingerprint density at radius 2 is 1.76 bits per heavy atom. The van der Waals surface area contributed by atoms with E-state index in [2.05, 4.69) is 17.0 Å². The first-order valence-electron chi connectivity index (χ1n) is 8.30. The second-order valence-electron chi connectivity index (χ2n) is 6.24. The van der Waals surface area contributed by atoms with Crippen LogP contribution in [0, 0.1) is 5.92 Å². The van der Waals surface area contributed by atoms with E-state index in [9.17, 15) is 18.0 Å². The second kappa shape index (κ2) is 8.44. The summed E-state index contributed by atoms with van der Waals surface area (Å²) in [4.78, 5) is 23.0. The van der Waals surface area contributed by atoms with Crippen LogP contribution >= 0.6 is 0 Å². The zero-order valence-electron chi connectivity index (χ0n) is 14.5. The third-order valence-corrected chi connectivity index (χ3v) is 6.22. The Hall–Kier alpha value is -1.93. The number of carbonyl (C=O) groups excluding carboxylic acids is 2. The van der Waals surface area contributed by atoms with Crippen LogP contribution in [0.1, 0.15) is 32.6 Å². The first-order valence-corrected chi connectivity index (χ1v) is 9.74. The van der Waals surface area contributed by atoms with Gasteiger partial charge in [-0.3, -0.25) is 9.59 Å². The largest absolute Gasteiger partial charge is 0.469 e. The highest BCUT2D eigenvalue weighted by atomic mass is 32.2. The minimum atomic E-state index is -3.50. The van der Waals surface area contributed by atoms with Crippen LogP contribution in [-0.2, 0) is 24.3 Å². The van der Waals surface area contributed by atoms with Crippen LogP contribution in [-0.4, -0.2) is 44.8 Å². The smallest absolute Gasteiger partial charge is 0.306 e. The monoisotopic (exact) mass is 368 g/mol. The van der Waals surface area contributed by atoms with Crippen molar-refractivity contribution >= 4 is 27.6 Å². The molecule has 1 aliphatic rings. The van der Waals surface area contributed by atoms with Gasteiger partial charge in [-0.05, 0) is 43.0 Å². The molecule has 0 spiro atoms. The van der Waals surface area contributed by atoms with E-state index in [1.165, 1.54) is 23.5 Å². The lowest BCUT2D eigenvalue weighted by Gasteiger charge is -2.29. The predicted octanol–water partition coefficient (Wildman–Crippen LogP) is 2.00. The average Bonchev–Trinajstić information content (AvgIpc) is 2.60. The number of hydrogen-bond donors (Lipinski definition) is 1. The maximum absolute atomic E-state index is 12.6. The molecule has 0 radical (unpaired) electrons. The van der Waals surface area contributed by atoms with Crippen molar-refractivity contribution in [3.8, 4) is 0 Å². The number of methoxy groups -OCH3 is 1. The van der Waals surface area contributed by atoms with E-state index >= 15 is 0 Å². The van der Waals surface area contributed by atoms with E-state index in [0.717, 1.165) is 12.8 Å². The number of sulfonamides is 1. The number of hydrogen-bond acceptors (Lipinski definition) is 5. The molecule has 7 nitrogen and oxygen atoms in total. The Morgan fingerprint density at radius 3 is 2.32 bits per heavy atom. The fraction of sp³-hybridized carbons (Fsp3) is 0.529. The number of piperidine rings is 1. The zero-order chi connectivity index (χ0) is 18.4. The van der Waals surface area contributed by atoms with Gasteiger partial charge in [-0.2, -0.15) is 4.31 Å². The third kappa shape index (κ3) is 5.27. The first-order chi connectivity index (χ1) is 11.8. The van der Waals surface area contributed by atoms with Crippen molar-refractivity contribution in [2.75, 3.05) is 25.5 Å². The van der Waals surface area contributed by atoms with E-state index in [4.69, 9.17) is 0 Å². The molecule has 1 fully saturated rings. The van der Waals surface area contributed by atoms with Crippen LogP contribution in [0.15, 0.2) is 29.2 Å². The molecule has 0 atom stereocenters. The van der Waals surface area contributed by atoms with Gasteiger partial charge < -0.3 is 10.1 Å². The van der Waals surface area contributed by atoms with E-state index in [-0.39, 0.29) is 23.6 Å². The Morgan fingerprint density at radius 1 is 1.16 bits per heavy atom. The minimum Gasteiger partial charge on any atom is -0.469 e. The second-order valence-corrected chi connectivity index (χ2v) is 8.17. The highest BCUT2D eigenvalue weighted by molar-refractivity contribution is 7.89. The fourth-order valence-electron chi connectivity index (χ4n) is 2.63. The lowest BCUT2D eigenvalue weighted by Crippen LogP contribution is -2.37. The van der Waals surface area contributed by atoms with Gasteiger partial charge in [-0.1, -0.05) is 6.92 Å². The van der Waals surface area contributed by atoms with Gasteiger partial charge in [0.2, 0.25) is 15.9 Å². The van der Waals surface area contributed by atoms with Crippen molar-refractivity contribution in [3.05, 3.63) is 24.3 Å². The normalized spacial score (nSPS) is 16.4. The van der Waals surface area contributed by atoms with E-state index < -0.39 is 16.0 Å². The molecule has 8 heteroatoms. The number of benzene rings is 1. The summed E-state index contributed by atoms with van der Waals surface area (Å²) < 4.78 is 31.2. The molecule has 1 aliphatic heterocycles. The maximum atomic E-state index is 12.6. The molecule has 1 aromatic rings. The highest BCUT2D eigenvalue weighted by Gasteiger charge is 2.27. The molecule has 2 rings (SSSR count). The summed E-state index contributed by atoms with van der Waals surface area (Å²) in [6.45, 7) is 3.20. The SMILES string of the molecule is COC(=O)CCC(=O)Nc1ccc(S(=O)(=O)N2CCC(C)CC2)cc1. The number of anilines is 1. The van der Waals surface area contributed by atoms with Crippen molar-refractivity contribution in [2.24, 2.45) is 5.92 Å². The summed E-state index contributed by atoms with van der Waals surface area (Å²) >= 11 is 0. The number of nitrogens with one attached hydrogen (secondary N) is 1. The molecule has 0 bridgehead atoms. The van der Waals surface area contributed by atoms with Crippen molar-refractivity contribution in [3.63, 3.8) is 0 Å². The van der Waals surface area contributed by atoms with Crippen LogP contribution in [0.4, 0.5) is 5.69 Å². The summed E-state index contributed by atoms with van der Waals surface area (Å²) in [5.74, 6) is -0.229. The predicted molar refractivity (Wildman–Crippen MR) is 93.5 cm³/mol. The van der Waals surface area contributed by atoms with Gasteiger partial charge >= 0.3 is 5.97 Å². The summed E-state index contributed by atoms with van der Waals surface area (Å²) in [6.07, 6.45) is 1.75. The van der Waals surface area contributed by atoms with Crippen LogP contribution in [0.3, 0.4) is 0 Å². The fourth-order valence-corrected chi connectivity index (χ4v) is 4.10. The van der Waals surface area contributed by atoms with Crippen molar-refractivity contribution in [1.82, 2.24) is 4.31 Å². The van der Waals surface area contributed by atoms with Crippen molar-refractivity contribution in [1.29, 1.82) is 0 Å². The molecule has 0 aromatic heterocycles. The molecule has 0 aliphatic carbocycles. The molecule has 0 saturated carbocycles. The van der Waals surface area contributed by atoms with Gasteiger partial charge in [0, 0.05) is 25.2 Å². The topological polar surface area (TPSA) is 92.8 Å². The zero-order valence-corrected chi connectivity index (χ0v) is 15.3. The summed E-state index contributed by atoms with van der Waals surface area (Å²) in [7, 11) is -2.23. The number of esters is 1. The summed E-state index contributed by atoms with van der Waals surface area (Å²) in [6, 6.07) is 6.08. The first kappa shape index (κ1) is 19.4. The molecule has 1 heterocycles. The summed E-state index contributed by atoms with van der Waals surface area (Å²) in [5, 5.41) is 2.63. The Labute approximate surface area is 148 Å². The molecule has 1 aromatic carbocycles. The standard InChI is InChI=1S/C17H24N2O5S/c1-13-9-11-19(12-10-13)25(22,23)15-5-3-14(4-6-15)18-16(20)7-8-17(21)24-2/h3-6,13H,7-12H2,1-2H3,(H,18,20). The van der Waals surface area contributed by atoms with Crippen LogP contribution in [0.5, 0.6) is 0 Å². The molecular formula is C17H24N2O5S. The average molecular weight is 368 g/mol. The molecular weight excluding hydrogens is 344 g/mol. The highest BCUT2D eigenvalue weighted by Crippen LogP contribution is 2.24. The van der Waals surface area contributed by atoms with E-state index in [0.29, 0.717) is 24.7 Å². The lowest BCUT2D eigenvalue weighted by molar-refractivity contribution is -0.141. The van der Waals surface area contributed by atoms with E-state index in [1.807, 2.05) is 0 Å². The Bertz CT molecular complexity index is 707.